The molecule has 1 aliphatic carbocycles. The number of nitrogens with one attached hydrogen (secondary N) is 2. The van der Waals surface area contributed by atoms with E-state index in [-0.39, 0.29) is 29.9 Å². The first-order valence-corrected chi connectivity index (χ1v) is 9.13. The second-order valence-corrected chi connectivity index (χ2v) is 8.27. The molecule has 26 heavy (non-hydrogen) atoms. The molecule has 0 radical (unpaired) electrons. The highest BCUT2D eigenvalue weighted by molar-refractivity contribution is 6.06. The molecule has 1 saturated carbocycles. The minimum atomic E-state index is -0.330. The van der Waals surface area contributed by atoms with Crippen LogP contribution in [0.15, 0.2) is 12.3 Å². The molecular weight excluding hydrogens is 330 g/mol. The van der Waals surface area contributed by atoms with Gasteiger partial charge < -0.3 is 10.6 Å². The molecule has 1 aliphatic rings. The maximum atomic E-state index is 12.7. The van der Waals surface area contributed by atoms with Crippen LogP contribution in [0.2, 0.25) is 0 Å². The predicted molar refractivity (Wildman–Crippen MR) is 100 cm³/mol. The Labute approximate surface area is 153 Å². The molecule has 1 fully saturated rings. The van der Waals surface area contributed by atoms with E-state index in [0.717, 1.165) is 29.6 Å². The fourth-order valence-electron chi connectivity index (χ4n) is 2.91. The second-order valence-electron chi connectivity index (χ2n) is 8.27. The first-order chi connectivity index (χ1) is 12.2. The maximum Gasteiger partial charge on any atom is 0.252 e. The van der Waals surface area contributed by atoms with Crippen LogP contribution in [0.5, 0.6) is 0 Å². The lowest BCUT2D eigenvalue weighted by atomic mass is 10.1. The lowest BCUT2D eigenvalue weighted by molar-refractivity contribution is -0.121. The zero-order valence-electron chi connectivity index (χ0n) is 16.1. The monoisotopic (exact) mass is 357 g/mol. The predicted octanol–water partition coefficient (Wildman–Crippen LogP) is 2.53. The Morgan fingerprint density at radius 3 is 2.58 bits per heavy atom. The molecule has 140 valence electrons. The summed E-state index contributed by atoms with van der Waals surface area (Å²) in [6.07, 6.45) is 3.88. The van der Waals surface area contributed by atoms with Crippen LogP contribution in [0, 0.1) is 0 Å². The molecule has 0 saturated heterocycles. The van der Waals surface area contributed by atoms with E-state index < -0.39 is 0 Å². The van der Waals surface area contributed by atoms with Crippen LogP contribution < -0.4 is 10.6 Å². The summed E-state index contributed by atoms with van der Waals surface area (Å²) >= 11 is 0. The smallest absolute Gasteiger partial charge is 0.252 e. The van der Waals surface area contributed by atoms with Gasteiger partial charge in [-0.2, -0.15) is 5.10 Å². The van der Waals surface area contributed by atoms with Crippen LogP contribution in [-0.2, 0) is 4.79 Å². The third-order valence-corrected chi connectivity index (χ3v) is 4.24. The summed E-state index contributed by atoms with van der Waals surface area (Å²) in [5.41, 5.74) is 1.87. The average Bonchev–Trinajstić information content (AvgIpc) is 3.29. The van der Waals surface area contributed by atoms with Crippen LogP contribution in [0.4, 0.5) is 0 Å². The molecule has 0 aromatic carbocycles. The van der Waals surface area contributed by atoms with Gasteiger partial charge in [0.1, 0.15) is 0 Å². The molecule has 2 aromatic heterocycles. The molecule has 7 nitrogen and oxygen atoms in total. The number of nitrogens with zero attached hydrogens (tertiary/aromatic N) is 3. The highest BCUT2D eigenvalue weighted by Crippen LogP contribution is 2.40. The van der Waals surface area contributed by atoms with Crippen LogP contribution in [-0.4, -0.2) is 38.7 Å². The first-order valence-electron chi connectivity index (χ1n) is 9.13. The molecule has 0 spiro atoms. The molecule has 2 aromatic rings. The van der Waals surface area contributed by atoms with Gasteiger partial charge in [-0.25, -0.2) is 9.67 Å². The lowest BCUT2D eigenvalue weighted by Crippen LogP contribution is -2.45. The number of amides is 2. The SMILES string of the molecule is CC(C)n1ncc2c(C(=O)NCC(=O)NC(C)(C)C)cc(C3CC3)nc21. The van der Waals surface area contributed by atoms with Gasteiger partial charge in [0.05, 0.1) is 23.7 Å². The molecule has 0 bridgehead atoms. The van der Waals surface area contributed by atoms with Gasteiger partial charge in [-0.05, 0) is 53.5 Å². The Hall–Kier alpha value is -2.44. The summed E-state index contributed by atoms with van der Waals surface area (Å²) in [5.74, 6) is -0.0613. The average molecular weight is 357 g/mol. The number of hydrogen-bond acceptors (Lipinski definition) is 4. The molecular formula is C19H27N5O2. The highest BCUT2D eigenvalue weighted by Gasteiger charge is 2.28. The van der Waals surface area contributed by atoms with E-state index in [1.54, 1.807) is 6.20 Å². The maximum absolute atomic E-state index is 12.7. The normalized spacial score (nSPS) is 14.7. The van der Waals surface area contributed by atoms with Gasteiger partial charge in [-0.1, -0.05) is 0 Å². The standard InChI is InChI=1S/C19H27N5O2/c1-11(2)24-17-14(9-21-24)13(8-15(22-17)12-6-7-12)18(26)20-10-16(25)23-19(3,4)5/h8-9,11-12H,6-7,10H2,1-5H3,(H,20,26)(H,23,25). The largest absolute Gasteiger partial charge is 0.350 e. The number of rotatable bonds is 5. The Balaban J connectivity index is 1.86. The molecule has 0 unspecified atom stereocenters. The van der Waals surface area contributed by atoms with Crippen molar-refractivity contribution in [1.82, 2.24) is 25.4 Å². The van der Waals surface area contributed by atoms with Gasteiger partial charge in [0.2, 0.25) is 5.91 Å². The van der Waals surface area contributed by atoms with Crippen LogP contribution in [0.3, 0.4) is 0 Å². The van der Waals surface area contributed by atoms with Crippen LogP contribution >= 0.6 is 0 Å². The minimum Gasteiger partial charge on any atom is -0.350 e. The van der Waals surface area contributed by atoms with Crippen molar-refractivity contribution < 1.29 is 9.59 Å². The highest BCUT2D eigenvalue weighted by atomic mass is 16.2. The molecule has 0 aliphatic heterocycles. The van der Waals surface area contributed by atoms with Gasteiger partial charge in [0, 0.05) is 23.2 Å². The molecule has 2 amide bonds. The van der Waals surface area contributed by atoms with Crippen molar-refractivity contribution in [2.75, 3.05) is 6.54 Å². The summed E-state index contributed by atoms with van der Waals surface area (Å²) in [7, 11) is 0. The summed E-state index contributed by atoms with van der Waals surface area (Å²) in [5, 5.41) is 10.7. The van der Waals surface area contributed by atoms with Gasteiger partial charge in [-0.3, -0.25) is 9.59 Å². The number of aromatic nitrogens is 3. The number of carbonyl (C=O) groups is 2. The first kappa shape index (κ1) is 18.4. The zero-order chi connectivity index (χ0) is 19.1. The van der Waals surface area contributed by atoms with Crippen LogP contribution in [0.1, 0.15) is 75.5 Å². The van der Waals surface area contributed by atoms with Crippen molar-refractivity contribution in [2.45, 2.75) is 65.0 Å². The van der Waals surface area contributed by atoms with E-state index in [1.807, 2.05) is 45.4 Å². The van der Waals surface area contributed by atoms with Crippen molar-refractivity contribution in [2.24, 2.45) is 0 Å². The summed E-state index contributed by atoms with van der Waals surface area (Å²) in [4.78, 5) is 29.5. The Morgan fingerprint density at radius 1 is 1.31 bits per heavy atom. The van der Waals surface area contributed by atoms with E-state index in [2.05, 4.69) is 15.7 Å². The third-order valence-electron chi connectivity index (χ3n) is 4.24. The molecule has 3 rings (SSSR count). The molecule has 2 N–H and O–H groups in total. The number of hydrogen-bond donors (Lipinski definition) is 2. The summed E-state index contributed by atoms with van der Waals surface area (Å²) < 4.78 is 1.84. The van der Waals surface area contributed by atoms with Crippen LogP contribution in [0.25, 0.3) is 11.0 Å². The Morgan fingerprint density at radius 2 is 2.00 bits per heavy atom. The van der Waals surface area contributed by atoms with Crippen molar-refractivity contribution in [3.05, 3.63) is 23.5 Å². The quantitative estimate of drug-likeness (QED) is 0.860. The van der Waals surface area contributed by atoms with E-state index in [9.17, 15) is 9.59 Å². The topological polar surface area (TPSA) is 88.9 Å². The van der Waals surface area contributed by atoms with E-state index in [4.69, 9.17) is 4.98 Å². The van der Waals surface area contributed by atoms with Gasteiger partial charge in [-0.15, -0.1) is 0 Å². The Bertz CT molecular complexity index is 843. The minimum absolute atomic E-state index is 0.0585. The number of carbonyl (C=O) groups excluding carboxylic acids is 2. The molecule has 2 heterocycles. The number of pyridine rings is 1. The van der Waals surface area contributed by atoms with Crippen molar-refractivity contribution in [3.8, 4) is 0 Å². The molecule has 0 atom stereocenters. The van der Waals surface area contributed by atoms with Gasteiger partial charge >= 0.3 is 0 Å². The summed E-state index contributed by atoms with van der Waals surface area (Å²) in [6, 6.07) is 2.01. The lowest BCUT2D eigenvalue weighted by Gasteiger charge is -2.20. The van der Waals surface area contributed by atoms with E-state index >= 15 is 0 Å². The fraction of sp³-hybridized carbons (Fsp3) is 0.579. The van der Waals surface area contributed by atoms with Crippen molar-refractivity contribution >= 4 is 22.8 Å². The van der Waals surface area contributed by atoms with E-state index in [0.29, 0.717) is 11.5 Å². The van der Waals surface area contributed by atoms with Crippen molar-refractivity contribution in [3.63, 3.8) is 0 Å². The fourth-order valence-corrected chi connectivity index (χ4v) is 2.91. The second kappa shape index (κ2) is 6.70. The van der Waals surface area contributed by atoms with E-state index in [1.165, 1.54) is 0 Å². The summed E-state index contributed by atoms with van der Waals surface area (Å²) in [6.45, 7) is 9.73. The van der Waals surface area contributed by atoms with Gasteiger partial charge in [0.15, 0.2) is 5.65 Å². The Kier molecular flexibility index (Phi) is 4.73. The number of fused-ring (bicyclic) bond motifs is 1. The van der Waals surface area contributed by atoms with Gasteiger partial charge in [0.25, 0.3) is 5.91 Å². The zero-order valence-corrected chi connectivity index (χ0v) is 16.1. The third kappa shape index (κ3) is 4.03. The molecule has 7 heteroatoms. The van der Waals surface area contributed by atoms with Crippen molar-refractivity contribution in [1.29, 1.82) is 0 Å².